The third-order valence-electron chi connectivity index (χ3n) is 5.28. The van der Waals surface area contributed by atoms with Crippen molar-refractivity contribution in [2.24, 2.45) is 0 Å². The maximum atomic E-state index is 13.4. The number of carbonyl (C=O) groups excluding carboxylic acids is 1. The number of amides is 1. The van der Waals surface area contributed by atoms with Crippen LogP contribution < -0.4 is 19.1 Å². The van der Waals surface area contributed by atoms with Gasteiger partial charge in [0.1, 0.15) is 11.5 Å². The Hall–Kier alpha value is -3.52. The first-order valence-electron chi connectivity index (χ1n) is 10.3. The topological polar surface area (TPSA) is 84.9 Å². The number of nitrogens with zero attached hydrogens (tertiary/aromatic N) is 1. The van der Waals surface area contributed by atoms with E-state index in [9.17, 15) is 13.2 Å². The van der Waals surface area contributed by atoms with Gasteiger partial charge < -0.3 is 14.8 Å². The third-order valence-corrected chi connectivity index (χ3v) is 7.09. The summed E-state index contributed by atoms with van der Waals surface area (Å²) in [5, 5.41) is 2.80. The van der Waals surface area contributed by atoms with Gasteiger partial charge in [-0.25, -0.2) is 8.42 Å². The second kappa shape index (κ2) is 8.92. The van der Waals surface area contributed by atoms with Gasteiger partial charge in [-0.15, -0.1) is 0 Å². The van der Waals surface area contributed by atoms with Crippen molar-refractivity contribution in [3.8, 4) is 11.5 Å². The molecular formula is C24H24N2O5S. The molecule has 166 valence electrons. The van der Waals surface area contributed by atoms with Crippen molar-refractivity contribution in [2.75, 3.05) is 29.9 Å². The molecule has 0 unspecified atom stereocenters. The summed E-state index contributed by atoms with van der Waals surface area (Å²) in [6.45, 7) is 2.66. The predicted octanol–water partition coefficient (Wildman–Crippen LogP) is 4.10. The number of sulfonamides is 1. The molecule has 1 aliphatic rings. The van der Waals surface area contributed by atoms with Gasteiger partial charge in [-0.1, -0.05) is 30.3 Å². The van der Waals surface area contributed by atoms with Gasteiger partial charge in [0, 0.05) is 6.54 Å². The van der Waals surface area contributed by atoms with Crippen LogP contribution in [0.3, 0.4) is 0 Å². The number of anilines is 2. The highest BCUT2D eigenvalue weighted by Gasteiger charge is 2.31. The SMILES string of the molecule is CCOc1ccccc1NC(=O)c1cc(S(=O)(=O)N2CCc3ccccc32)ccc1OC. The molecule has 4 rings (SSSR count). The molecule has 1 N–H and O–H groups in total. The number of benzene rings is 3. The van der Waals surface area contributed by atoms with Crippen LogP contribution in [0.2, 0.25) is 0 Å². The molecule has 1 amide bonds. The number of hydrogen-bond acceptors (Lipinski definition) is 5. The maximum absolute atomic E-state index is 13.4. The minimum atomic E-state index is -3.85. The van der Waals surface area contributed by atoms with Gasteiger partial charge in [-0.3, -0.25) is 9.10 Å². The quantitative estimate of drug-likeness (QED) is 0.584. The highest BCUT2D eigenvalue weighted by molar-refractivity contribution is 7.92. The lowest BCUT2D eigenvalue weighted by atomic mass is 10.1. The number of nitrogens with one attached hydrogen (secondary N) is 1. The second-order valence-electron chi connectivity index (χ2n) is 7.20. The van der Waals surface area contributed by atoms with Gasteiger partial charge >= 0.3 is 0 Å². The highest BCUT2D eigenvalue weighted by atomic mass is 32.2. The molecule has 0 radical (unpaired) electrons. The number of methoxy groups -OCH3 is 1. The molecule has 0 saturated heterocycles. The zero-order chi connectivity index (χ0) is 22.7. The van der Waals surface area contributed by atoms with Crippen molar-refractivity contribution in [3.63, 3.8) is 0 Å². The fourth-order valence-corrected chi connectivity index (χ4v) is 5.28. The van der Waals surface area contributed by atoms with Gasteiger partial charge in [-0.05, 0) is 55.3 Å². The molecule has 8 heteroatoms. The van der Waals surface area contributed by atoms with Gasteiger partial charge in [0.2, 0.25) is 0 Å². The van der Waals surface area contributed by atoms with E-state index in [1.165, 1.54) is 29.6 Å². The number of fused-ring (bicyclic) bond motifs is 1. The molecule has 0 spiro atoms. The molecule has 3 aromatic rings. The molecule has 0 atom stereocenters. The number of para-hydroxylation sites is 3. The number of carbonyl (C=O) groups is 1. The van der Waals surface area contributed by atoms with E-state index in [1.807, 2.05) is 31.2 Å². The summed E-state index contributed by atoms with van der Waals surface area (Å²) in [4.78, 5) is 13.1. The zero-order valence-corrected chi connectivity index (χ0v) is 18.7. The largest absolute Gasteiger partial charge is 0.496 e. The molecular weight excluding hydrogens is 428 g/mol. The molecule has 0 fully saturated rings. The summed E-state index contributed by atoms with van der Waals surface area (Å²) < 4.78 is 39.1. The molecule has 3 aromatic carbocycles. The summed E-state index contributed by atoms with van der Waals surface area (Å²) in [6, 6.07) is 18.8. The lowest BCUT2D eigenvalue weighted by Crippen LogP contribution is -2.29. The van der Waals surface area contributed by atoms with Crippen LogP contribution in [0.5, 0.6) is 11.5 Å². The van der Waals surface area contributed by atoms with Crippen LogP contribution in [-0.2, 0) is 16.4 Å². The summed E-state index contributed by atoms with van der Waals surface area (Å²) in [5.74, 6) is 0.310. The minimum Gasteiger partial charge on any atom is -0.496 e. The van der Waals surface area contributed by atoms with Crippen molar-refractivity contribution in [3.05, 3.63) is 77.9 Å². The molecule has 1 heterocycles. The van der Waals surface area contributed by atoms with Gasteiger partial charge in [0.25, 0.3) is 15.9 Å². The van der Waals surface area contributed by atoms with Crippen LogP contribution in [0.4, 0.5) is 11.4 Å². The Morgan fingerprint density at radius 1 is 1.03 bits per heavy atom. The fourth-order valence-electron chi connectivity index (χ4n) is 3.75. The molecule has 0 bridgehead atoms. The predicted molar refractivity (Wildman–Crippen MR) is 123 cm³/mol. The minimum absolute atomic E-state index is 0.0262. The van der Waals surface area contributed by atoms with Crippen molar-refractivity contribution in [1.29, 1.82) is 0 Å². The Morgan fingerprint density at radius 2 is 1.78 bits per heavy atom. The van der Waals surface area contributed by atoms with Crippen LogP contribution >= 0.6 is 0 Å². The van der Waals surface area contributed by atoms with E-state index < -0.39 is 15.9 Å². The zero-order valence-electron chi connectivity index (χ0n) is 17.9. The van der Waals surface area contributed by atoms with E-state index in [0.717, 1.165) is 5.56 Å². The molecule has 32 heavy (non-hydrogen) atoms. The van der Waals surface area contributed by atoms with Gasteiger partial charge in [-0.2, -0.15) is 0 Å². The highest BCUT2D eigenvalue weighted by Crippen LogP contribution is 2.34. The van der Waals surface area contributed by atoms with E-state index >= 15 is 0 Å². The summed E-state index contributed by atoms with van der Waals surface area (Å²) in [6.07, 6.45) is 0.646. The molecule has 0 aromatic heterocycles. The van der Waals surface area contributed by atoms with E-state index in [1.54, 1.807) is 24.3 Å². The van der Waals surface area contributed by atoms with Gasteiger partial charge in [0.15, 0.2) is 0 Å². The fraction of sp³-hybridized carbons (Fsp3) is 0.208. The molecule has 0 saturated carbocycles. The van der Waals surface area contributed by atoms with Crippen LogP contribution in [-0.4, -0.2) is 34.6 Å². The third kappa shape index (κ3) is 4.01. The average Bonchev–Trinajstić information content (AvgIpc) is 3.25. The first-order chi connectivity index (χ1) is 15.5. The Balaban J connectivity index is 1.69. The molecule has 0 aliphatic carbocycles. The Labute approximate surface area is 187 Å². The normalized spacial score (nSPS) is 12.9. The smallest absolute Gasteiger partial charge is 0.264 e. The molecule has 7 nitrogen and oxygen atoms in total. The van der Waals surface area contributed by atoms with Crippen molar-refractivity contribution < 1.29 is 22.7 Å². The summed E-state index contributed by atoms with van der Waals surface area (Å²) >= 11 is 0. The lowest BCUT2D eigenvalue weighted by Gasteiger charge is -2.20. The maximum Gasteiger partial charge on any atom is 0.264 e. The lowest BCUT2D eigenvalue weighted by molar-refractivity contribution is 0.102. The van der Waals surface area contributed by atoms with E-state index in [4.69, 9.17) is 9.47 Å². The first kappa shape index (κ1) is 21.7. The average molecular weight is 453 g/mol. The number of ether oxygens (including phenoxy) is 2. The van der Waals surface area contributed by atoms with E-state index in [0.29, 0.717) is 36.7 Å². The Bertz CT molecular complexity index is 1260. The standard InChI is InChI=1S/C24H24N2O5S/c1-3-31-23-11-7-5-9-20(23)25-24(27)19-16-18(12-13-22(19)30-2)32(28,29)26-15-14-17-8-4-6-10-21(17)26/h4-13,16H,3,14-15H2,1-2H3,(H,25,27). The van der Waals surface area contributed by atoms with Crippen LogP contribution in [0.15, 0.2) is 71.6 Å². The van der Waals surface area contributed by atoms with Crippen molar-refractivity contribution in [1.82, 2.24) is 0 Å². The summed E-state index contributed by atoms with van der Waals surface area (Å²) in [7, 11) is -2.41. The van der Waals surface area contributed by atoms with E-state index in [-0.39, 0.29) is 16.2 Å². The van der Waals surface area contributed by atoms with Crippen molar-refractivity contribution >= 4 is 27.3 Å². The van der Waals surface area contributed by atoms with Crippen LogP contribution in [0, 0.1) is 0 Å². The second-order valence-corrected chi connectivity index (χ2v) is 9.06. The van der Waals surface area contributed by atoms with Crippen LogP contribution in [0.1, 0.15) is 22.8 Å². The number of rotatable bonds is 7. The monoisotopic (exact) mass is 452 g/mol. The summed E-state index contributed by atoms with van der Waals surface area (Å²) in [5.41, 5.74) is 2.26. The van der Waals surface area contributed by atoms with Crippen LogP contribution in [0.25, 0.3) is 0 Å². The Kier molecular flexibility index (Phi) is 6.05. The molecule has 1 aliphatic heterocycles. The van der Waals surface area contributed by atoms with E-state index in [2.05, 4.69) is 5.32 Å². The Morgan fingerprint density at radius 3 is 2.56 bits per heavy atom. The first-order valence-corrected chi connectivity index (χ1v) is 11.7. The van der Waals surface area contributed by atoms with Gasteiger partial charge in [0.05, 0.1) is 35.6 Å². The number of hydrogen-bond donors (Lipinski definition) is 1. The van der Waals surface area contributed by atoms with Crippen molar-refractivity contribution in [2.45, 2.75) is 18.2 Å².